The minimum atomic E-state index is -4.54. The Labute approximate surface area is 241 Å². The summed E-state index contributed by atoms with van der Waals surface area (Å²) in [6, 6.07) is 1.65. The second-order valence-electron chi connectivity index (χ2n) is 9.42. The third-order valence-electron chi connectivity index (χ3n) is 5.99. The first-order valence-corrected chi connectivity index (χ1v) is 14.7. The van der Waals surface area contributed by atoms with E-state index in [2.05, 4.69) is 20.2 Å². The molecule has 1 aromatic rings. The molecule has 0 spiro atoms. The summed E-state index contributed by atoms with van der Waals surface area (Å²) in [5, 5.41) is 43.0. The fourth-order valence-corrected chi connectivity index (χ4v) is 5.60. The number of H-pyrrole nitrogens is 1. The number of aliphatic imine (C=N–C) groups is 1. The van der Waals surface area contributed by atoms with Crippen molar-refractivity contribution in [2.45, 2.75) is 76.3 Å². The van der Waals surface area contributed by atoms with Gasteiger partial charge in [-0.2, -0.15) is 5.26 Å². The van der Waals surface area contributed by atoms with E-state index in [-0.39, 0.29) is 30.4 Å². The molecule has 2 rings (SSSR count). The van der Waals surface area contributed by atoms with Gasteiger partial charge < -0.3 is 35.1 Å². The van der Waals surface area contributed by atoms with Gasteiger partial charge in [0.25, 0.3) is 5.85 Å². The molecule has 42 heavy (non-hydrogen) atoms. The van der Waals surface area contributed by atoms with Crippen LogP contribution in [-0.4, -0.2) is 89.3 Å². The minimum absolute atomic E-state index is 0.0737. The highest BCUT2D eigenvalue weighted by Crippen LogP contribution is 2.48. The molecule has 0 radical (unpaired) electrons. The lowest BCUT2D eigenvalue weighted by atomic mass is 9.92. The Hall–Kier alpha value is -3.23. The number of halogens is 1. The summed E-state index contributed by atoms with van der Waals surface area (Å²) in [6.07, 6.45) is -2.89. The van der Waals surface area contributed by atoms with Gasteiger partial charge in [-0.3, -0.25) is 24.1 Å². The molecule has 18 heteroatoms. The Balaban J connectivity index is 2.34. The van der Waals surface area contributed by atoms with Gasteiger partial charge in [-0.25, -0.2) is 19.6 Å². The molecule has 1 aliphatic rings. The van der Waals surface area contributed by atoms with Crippen LogP contribution in [0.15, 0.2) is 17.1 Å². The fraction of sp³-hybridized carbons (Fsp3) is 0.625. The Morgan fingerprint density at radius 2 is 1.79 bits per heavy atom. The summed E-state index contributed by atoms with van der Waals surface area (Å²) < 4.78 is 50.5. The van der Waals surface area contributed by atoms with Crippen molar-refractivity contribution in [2.75, 3.05) is 19.8 Å². The van der Waals surface area contributed by atoms with Gasteiger partial charge in [0.1, 0.15) is 49.1 Å². The van der Waals surface area contributed by atoms with Crippen LogP contribution < -0.4 is 15.9 Å². The highest BCUT2D eigenvalue weighted by Gasteiger charge is 2.66. The second-order valence-corrected chi connectivity index (χ2v) is 11.3. The average molecular weight is 618 g/mol. The molecule has 1 aliphatic heterocycles. The number of ether oxygens (including phenoxy) is 3. The SMILES string of the molecule is CCCOC(=O)[C@H](C)NP(=O)(N[C@@H](C)C(=O)OCCC)OC[C@@]1(F)O[C@@](C#N)(c2ccc(C(N)=NC=N)[nH]2)[C@H](O)[C@@H]1O. The summed E-state index contributed by atoms with van der Waals surface area (Å²) in [5.74, 6) is -5.12. The lowest BCUT2D eigenvalue weighted by Crippen LogP contribution is -2.46. The van der Waals surface area contributed by atoms with Crippen LogP contribution in [0, 0.1) is 16.7 Å². The number of aromatic amines is 1. The Bertz CT molecular complexity index is 1210. The molecular formula is C24H37FN7O9P. The molecule has 6 atom stereocenters. The predicted molar refractivity (Wildman–Crippen MR) is 146 cm³/mol. The van der Waals surface area contributed by atoms with Crippen LogP contribution in [0.2, 0.25) is 0 Å². The summed E-state index contributed by atoms with van der Waals surface area (Å²) in [5.41, 5.74) is 3.09. The number of nitrogens with one attached hydrogen (secondary N) is 4. The van der Waals surface area contributed by atoms with Crippen molar-refractivity contribution in [3.8, 4) is 6.07 Å². The predicted octanol–water partition coefficient (Wildman–Crippen LogP) is 0.451. The van der Waals surface area contributed by atoms with Crippen LogP contribution in [0.3, 0.4) is 0 Å². The summed E-state index contributed by atoms with van der Waals surface area (Å²) in [4.78, 5) is 30.8. The maximum atomic E-state index is 16.1. The average Bonchev–Trinajstić information content (AvgIpc) is 3.53. The molecule has 0 aromatic carbocycles. The lowest BCUT2D eigenvalue weighted by molar-refractivity contribution is -0.207. The van der Waals surface area contributed by atoms with E-state index in [9.17, 15) is 29.6 Å². The van der Waals surface area contributed by atoms with Crippen LogP contribution in [0.1, 0.15) is 51.9 Å². The van der Waals surface area contributed by atoms with Crippen molar-refractivity contribution >= 4 is 31.8 Å². The maximum absolute atomic E-state index is 16.1. The van der Waals surface area contributed by atoms with Crippen LogP contribution in [0.25, 0.3) is 0 Å². The molecule has 2 heterocycles. The van der Waals surface area contributed by atoms with Gasteiger partial charge in [-0.1, -0.05) is 13.8 Å². The zero-order chi connectivity index (χ0) is 31.7. The molecule has 0 aliphatic carbocycles. The Morgan fingerprint density at radius 1 is 1.24 bits per heavy atom. The molecule has 1 saturated heterocycles. The number of esters is 2. The van der Waals surface area contributed by atoms with E-state index >= 15 is 4.39 Å². The van der Waals surface area contributed by atoms with Crippen LogP contribution >= 0.6 is 7.67 Å². The van der Waals surface area contributed by atoms with Crippen molar-refractivity contribution in [2.24, 2.45) is 10.7 Å². The Morgan fingerprint density at radius 3 is 2.26 bits per heavy atom. The molecule has 16 nitrogen and oxygen atoms in total. The number of nitrogens with zero attached hydrogens (tertiary/aromatic N) is 2. The number of carbonyl (C=O) groups excluding carboxylic acids is 2. The normalized spacial score (nSPS) is 25.8. The Kier molecular flexibility index (Phi) is 12.3. The van der Waals surface area contributed by atoms with Gasteiger partial charge in [-0.05, 0) is 38.8 Å². The first-order valence-electron chi connectivity index (χ1n) is 13.0. The van der Waals surface area contributed by atoms with E-state index in [0.717, 1.165) is 0 Å². The molecule has 234 valence electrons. The van der Waals surface area contributed by atoms with Crippen molar-refractivity contribution in [3.63, 3.8) is 0 Å². The first-order chi connectivity index (χ1) is 19.7. The van der Waals surface area contributed by atoms with Gasteiger partial charge in [0.05, 0.1) is 24.6 Å². The number of aliphatic hydroxyl groups is 2. The molecular weight excluding hydrogens is 580 g/mol. The van der Waals surface area contributed by atoms with E-state index < -0.39 is 62.0 Å². The zero-order valence-electron chi connectivity index (χ0n) is 23.6. The van der Waals surface area contributed by atoms with Gasteiger partial charge in [0, 0.05) is 0 Å². The van der Waals surface area contributed by atoms with E-state index in [1.165, 1.54) is 26.0 Å². The van der Waals surface area contributed by atoms with Gasteiger partial charge in [-0.15, -0.1) is 0 Å². The number of amidine groups is 1. The van der Waals surface area contributed by atoms with Crippen LogP contribution in [0.5, 0.6) is 0 Å². The van der Waals surface area contributed by atoms with E-state index in [0.29, 0.717) is 19.2 Å². The van der Waals surface area contributed by atoms with Crippen LogP contribution in [-0.2, 0) is 38.5 Å². The number of carbonyl (C=O) groups is 2. The quantitative estimate of drug-likeness (QED) is 0.0576. The highest BCUT2D eigenvalue weighted by molar-refractivity contribution is 7.54. The zero-order valence-corrected chi connectivity index (χ0v) is 24.5. The molecule has 1 aromatic heterocycles. The third-order valence-corrected chi connectivity index (χ3v) is 7.94. The molecule has 1 fully saturated rings. The van der Waals surface area contributed by atoms with Crippen molar-refractivity contribution < 1.29 is 47.5 Å². The van der Waals surface area contributed by atoms with Crippen LogP contribution in [0.4, 0.5) is 4.39 Å². The minimum Gasteiger partial charge on any atom is -0.465 e. The number of alkyl halides is 1. The van der Waals surface area contributed by atoms with E-state index in [1.807, 2.05) is 0 Å². The van der Waals surface area contributed by atoms with Crippen molar-refractivity contribution in [3.05, 3.63) is 23.5 Å². The monoisotopic (exact) mass is 617 g/mol. The highest BCUT2D eigenvalue weighted by atomic mass is 31.2. The molecule has 0 saturated carbocycles. The lowest BCUT2D eigenvalue weighted by Gasteiger charge is -2.29. The number of nitriles is 1. The molecule has 0 bridgehead atoms. The molecule has 8 N–H and O–H groups in total. The number of rotatable bonds is 16. The van der Waals surface area contributed by atoms with Crippen molar-refractivity contribution in [1.82, 2.24) is 15.2 Å². The van der Waals surface area contributed by atoms with Gasteiger partial charge in [0.2, 0.25) is 5.60 Å². The van der Waals surface area contributed by atoms with Crippen molar-refractivity contribution in [1.29, 1.82) is 10.7 Å². The smallest absolute Gasteiger partial charge is 0.342 e. The largest absolute Gasteiger partial charge is 0.465 e. The second kappa shape index (κ2) is 14.8. The fourth-order valence-electron chi connectivity index (χ4n) is 3.79. The molecule has 0 unspecified atom stereocenters. The number of aromatic nitrogens is 1. The summed E-state index contributed by atoms with van der Waals surface area (Å²) >= 11 is 0. The third kappa shape index (κ3) is 7.98. The number of nitrogens with two attached hydrogens (primary N) is 1. The number of hydrogen-bond acceptors (Lipinski definition) is 11. The summed E-state index contributed by atoms with van der Waals surface area (Å²) in [6.45, 7) is 4.92. The summed E-state index contributed by atoms with van der Waals surface area (Å²) in [7, 11) is -4.54. The van der Waals surface area contributed by atoms with Gasteiger partial charge >= 0.3 is 19.6 Å². The van der Waals surface area contributed by atoms with E-state index in [4.69, 9.17) is 29.9 Å². The molecule has 0 amide bonds. The first kappa shape index (κ1) is 35.0. The number of hydrogen-bond donors (Lipinski definition) is 7. The van der Waals surface area contributed by atoms with E-state index in [1.54, 1.807) is 19.9 Å². The number of aliphatic hydroxyl groups excluding tert-OH is 2. The maximum Gasteiger partial charge on any atom is 0.342 e. The topological polar surface area (TPSA) is 254 Å². The van der Waals surface area contributed by atoms with Gasteiger partial charge in [0.15, 0.2) is 0 Å². The standard InChI is InChI=1S/C24H37FN7O9P/c1-5-9-38-21(35)14(3)31-42(37,32-15(4)22(36)39-10-6-2)40-12-24(25)19(34)18(33)23(11-26,41-24)17-8-7-16(30-17)20(28)29-13-27/h7-8,13-15,18-19,30,33-34H,5-6,9-10,12H2,1-4H3,(H3,27,28,29)(H2,31,32,37)/t14-,15-,18+,19-,23-,24+/m0/s1.